The Morgan fingerprint density at radius 1 is 0.408 bits per heavy atom. The number of pyridine rings is 1. The Hall–Kier alpha value is -6.19. The average molecular weight is 628 g/mol. The molecule has 3 nitrogen and oxygen atoms in total. The summed E-state index contributed by atoms with van der Waals surface area (Å²) in [6.07, 6.45) is 3.70. The van der Waals surface area contributed by atoms with E-state index in [9.17, 15) is 0 Å². The molecule has 2 aromatic heterocycles. The Morgan fingerprint density at radius 2 is 1.04 bits per heavy atom. The van der Waals surface area contributed by atoms with Gasteiger partial charge in [0, 0.05) is 40.1 Å². The molecule has 49 heavy (non-hydrogen) atoms. The quantitative estimate of drug-likeness (QED) is 0.191. The normalized spacial score (nSPS) is 12.9. The molecule has 0 unspecified atom stereocenters. The predicted octanol–water partition coefficient (Wildman–Crippen LogP) is 11.7. The van der Waals surface area contributed by atoms with Gasteiger partial charge in [-0.1, -0.05) is 135 Å². The van der Waals surface area contributed by atoms with E-state index in [1.54, 1.807) is 6.20 Å². The van der Waals surface area contributed by atoms with Crippen LogP contribution in [-0.4, -0.2) is 15.0 Å². The average Bonchev–Trinajstić information content (AvgIpc) is 3.40. The Morgan fingerprint density at radius 3 is 1.86 bits per heavy atom. The van der Waals surface area contributed by atoms with E-state index in [2.05, 4.69) is 158 Å². The molecule has 0 saturated carbocycles. The maximum atomic E-state index is 5.25. The first-order chi connectivity index (χ1) is 24.0. The topological polar surface area (TPSA) is 38.7 Å². The van der Waals surface area contributed by atoms with Gasteiger partial charge in [0.05, 0.1) is 11.4 Å². The largest absolute Gasteiger partial charge is 0.264 e. The van der Waals surface area contributed by atoms with Crippen LogP contribution in [0.1, 0.15) is 25.0 Å². The highest BCUT2D eigenvalue weighted by molar-refractivity contribution is 6.04. The number of rotatable bonds is 5. The van der Waals surface area contributed by atoms with Gasteiger partial charge in [-0.15, -0.1) is 0 Å². The molecule has 0 radical (unpaired) electrons. The molecule has 0 fully saturated rings. The molecule has 0 atom stereocenters. The second-order valence-corrected chi connectivity index (χ2v) is 13.3. The first-order valence-electron chi connectivity index (χ1n) is 16.8. The van der Waals surface area contributed by atoms with Crippen LogP contribution in [0.3, 0.4) is 0 Å². The number of aromatic nitrogens is 3. The monoisotopic (exact) mass is 627 g/mol. The van der Waals surface area contributed by atoms with Crippen molar-refractivity contribution >= 4 is 10.8 Å². The van der Waals surface area contributed by atoms with Crippen LogP contribution in [0.5, 0.6) is 0 Å². The van der Waals surface area contributed by atoms with Crippen molar-refractivity contribution < 1.29 is 0 Å². The number of hydrogen-bond donors (Lipinski definition) is 0. The standard InChI is InChI=1S/C46H33N3/c1-46(2)41-20-9-8-19-38(41)39-22-21-32(27-42(39)46)35-23-24-40(37-18-7-6-17-36(35)37)45-48-43(30-12-4-3-5-13-30)28-44(49-45)33-15-10-14-31(26-33)34-16-11-25-47-29-34/h3-29H,1-2H3. The third kappa shape index (κ3) is 4.94. The van der Waals surface area contributed by atoms with E-state index in [1.165, 1.54) is 38.8 Å². The summed E-state index contributed by atoms with van der Waals surface area (Å²) in [7, 11) is 0. The van der Waals surface area contributed by atoms with Crippen molar-refractivity contribution in [2.45, 2.75) is 19.3 Å². The van der Waals surface area contributed by atoms with Crippen molar-refractivity contribution in [3.63, 3.8) is 0 Å². The molecule has 1 aliphatic carbocycles. The van der Waals surface area contributed by atoms with E-state index < -0.39 is 0 Å². The van der Waals surface area contributed by atoms with Crippen LogP contribution < -0.4 is 0 Å². The second-order valence-electron chi connectivity index (χ2n) is 13.3. The molecule has 0 N–H and O–H groups in total. The maximum absolute atomic E-state index is 5.25. The highest BCUT2D eigenvalue weighted by Crippen LogP contribution is 2.50. The van der Waals surface area contributed by atoms with E-state index in [-0.39, 0.29) is 5.41 Å². The fourth-order valence-corrected chi connectivity index (χ4v) is 7.48. The van der Waals surface area contributed by atoms with Gasteiger partial charge in [0.25, 0.3) is 0 Å². The summed E-state index contributed by atoms with van der Waals surface area (Å²) in [5.41, 5.74) is 14.8. The van der Waals surface area contributed by atoms with E-state index in [1.807, 2.05) is 18.3 Å². The van der Waals surface area contributed by atoms with Crippen molar-refractivity contribution in [1.29, 1.82) is 0 Å². The summed E-state index contributed by atoms with van der Waals surface area (Å²) in [5, 5.41) is 2.31. The Kier molecular flexibility index (Phi) is 6.80. The molecule has 232 valence electrons. The van der Waals surface area contributed by atoms with Crippen molar-refractivity contribution in [2.24, 2.45) is 0 Å². The molecule has 0 aliphatic heterocycles. The first-order valence-corrected chi connectivity index (χ1v) is 16.8. The summed E-state index contributed by atoms with van der Waals surface area (Å²) >= 11 is 0. The van der Waals surface area contributed by atoms with E-state index in [0.29, 0.717) is 5.82 Å². The lowest BCUT2D eigenvalue weighted by atomic mass is 9.81. The van der Waals surface area contributed by atoms with Gasteiger partial charge in [0.15, 0.2) is 5.82 Å². The number of hydrogen-bond acceptors (Lipinski definition) is 3. The lowest BCUT2D eigenvalue weighted by Crippen LogP contribution is -2.14. The smallest absolute Gasteiger partial charge is 0.161 e. The summed E-state index contributed by atoms with van der Waals surface area (Å²) in [6, 6.07) is 53.9. The fourth-order valence-electron chi connectivity index (χ4n) is 7.48. The minimum atomic E-state index is -0.0614. The lowest BCUT2D eigenvalue weighted by Gasteiger charge is -2.22. The lowest BCUT2D eigenvalue weighted by molar-refractivity contribution is 0.660. The van der Waals surface area contributed by atoms with Crippen LogP contribution in [0.4, 0.5) is 0 Å². The molecule has 1 aliphatic rings. The van der Waals surface area contributed by atoms with Gasteiger partial charge >= 0.3 is 0 Å². The number of fused-ring (bicyclic) bond motifs is 4. The van der Waals surface area contributed by atoms with Gasteiger partial charge < -0.3 is 0 Å². The molecule has 6 aromatic carbocycles. The van der Waals surface area contributed by atoms with Crippen LogP contribution in [0.15, 0.2) is 164 Å². The van der Waals surface area contributed by atoms with E-state index in [0.717, 1.165) is 44.6 Å². The van der Waals surface area contributed by atoms with Crippen molar-refractivity contribution in [3.05, 3.63) is 175 Å². The van der Waals surface area contributed by atoms with Crippen LogP contribution in [-0.2, 0) is 5.41 Å². The van der Waals surface area contributed by atoms with Crippen LogP contribution >= 0.6 is 0 Å². The molecule has 0 amide bonds. The van der Waals surface area contributed by atoms with Gasteiger partial charge in [0.2, 0.25) is 0 Å². The van der Waals surface area contributed by atoms with Crippen molar-refractivity contribution in [2.75, 3.05) is 0 Å². The molecule has 0 spiro atoms. The molecule has 8 aromatic rings. The fraction of sp³-hybridized carbons (Fsp3) is 0.0652. The SMILES string of the molecule is CC1(C)c2ccccc2-c2ccc(-c3ccc(-c4nc(-c5ccccc5)cc(-c5cccc(-c6cccnc6)c5)n4)c4ccccc34)cc21. The molecule has 9 rings (SSSR count). The number of benzene rings is 6. The summed E-state index contributed by atoms with van der Waals surface area (Å²) < 4.78 is 0. The van der Waals surface area contributed by atoms with Crippen LogP contribution in [0.2, 0.25) is 0 Å². The van der Waals surface area contributed by atoms with Gasteiger partial charge in [-0.05, 0) is 80.0 Å². The third-order valence-electron chi connectivity index (χ3n) is 10.0. The van der Waals surface area contributed by atoms with Gasteiger partial charge in [-0.3, -0.25) is 4.98 Å². The summed E-state index contributed by atoms with van der Waals surface area (Å²) in [5.74, 6) is 0.705. The molecule has 3 heteroatoms. The second kappa shape index (κ2) is 11.5. The van der Waals surface area contributed by atoms with Crippen LogP contribution in [0, 0.1) is 0 Å². The summed E-state index contributed by atoms with van der Waals surface area (Å²) in [6.45, 7) is 4.67. The third-order valence-corrected chi connectivity index (χ3v) is 10.0. The Labute approximate surface area is 286 Å². The maximum Gasteiger partial charge on any atom is 0.161 e. The Balaban J connectivity index is 1.20. The van der Waals surface area contributed by atoms with Gasteiger partial charge in [-0.25, -0.2) is 9.97 Å². The van der Waals surface area contributed by atoms with Crippen molar-refractivity contribution in [1.82, 2.24) is 15.0 Å². The Bertz CT molecular complexity index is 2520. The zero-order chi connectivity index (χ0) is 33.0. The minimum absolute atomic E-state index is 0.0614. The predicted molar refractivity (Wildman–Crippen MR) is 202 cm³/mol. The molecule has 0 saturated heterocycles. The zero-order valence-corrected chi connectivity index (χ0v) is 27.4. The zero-order valence-electron chi connectivity index (χ0n) is 27.4. The molecular formula is C46H33N3. The van der Waals surface area contributed by atoms with E-state index in [4.69, 9.17) is 9.97 Å². The molecule has 2 heterocycles. The molecular weight excluding hydrogens is 595 g/mol. The minimum Gasteiger partial charge on any atom is -0.264 e. The highest BCUT2D eigenvalue weighted by atomic mass is 14.9. The van der Waals surface area contributed by atoms with Gasteiger partial charge in [0.1, 0.15) is 0 Å². The molecule has 0 bridgehead atoms. The summed E-state index contributed by atoms with van der Waals surface area (Å²) in [4.78, 5) is 14.8. The number of nitrogens with zero attached hydrogens (tertiary/aromatic N) is 3. The first kappa shape index (κ1) is 29.0. The highest BCUT2D eigenvalue weighted by Gasteiger charge is 2.35. The van der Waals surface area contributed by atoms with Crippen molar-refractivity contribution in [3.8, 4) is 67.3 Å². The van der Waals surface area contributed by atoms with E-state index >= 15 is 0 Å². The van der Waals surface area contributed by atoms with Gasteiger partial charge in [-0.2, -0.15) is 0 Å². The van der Waals surface area contributed by atoms with Crippen LogP contribution in [0.25, 0.3) is 78.1 Å².